The third-order valence-corrected chi connectivity index (χ3v) is 6.42. The highest BCUT2D eigenvalue weighted by Crippen LogP contribution is 2.33. The summed E-state index contributed by atoms with van der Waals surface area (Å²) in [6.07, 6.45) is 0. The van der Waals surface area contributed by atoms with Gasteiger partial charge in [0.25, 0.3) is 5.56 Å². The number of H-pyrrole nitrogens is 1. The van der Waals surface area contributed by atoms with E-state index in [4.69, 9.17) is 14.2 Å². The molecule has 0 radical (unpaired) electrons. The number of nitrogens with one attached hydrogen (secondary N) is 1. The molecule has 0 aliphatic carbocycles. The molecule has 37 heavy (non-hydrogen) atoms. The Morgan fingerprint density at radius 3 is 2.78 bits per heavy atom. The van der Waals surface area contributed by atoms with Crippen molar-refractivity contribution >= 4 is 16.9 Å². The van der Waals surface area contributed by atoms with Crippen molar-refractivity contribution in [2.45, 2.75) is 47.0 Å². The zero-order valence-electron chi connectivity index (χ0n) is 21.0. The van der Waals surface area contributed by atoms with Gasteiger partial charge in [-0.1, -0.05) is 18.2 Å². The minimum atomic E-state index is -0.421. The fourth-order valence-corrected chi connectivity index (χ4v) is 4.38. The van der Waals surface area contributed by atoms with Crippen LogP contribution in [0.1, 0.15) is 35.0 Å². The van der Waals surface area contributed by atoms with Crippen molar-refractivity contribution in [2.24, 2.45) is 0 Å². The first-order valence-electron chi connectivity index (χ1n) is 12.0. The molecule has 1 N–H and O–H groups in total. The van der Waals surface area contributed by atoms with Crippen LogP contribution in [-0.2, 0) is 35.7 Å². The van der Waals surface area contributed by atoms with E-state index < -0.39 is 5.97 Å². The lowest BCUT2D eigenvalue weighted by Crippen LogP contribution is -2.28. The van der Waals surface area contributed by atoms with Crippen molar-refractivity contribution in [3.63, 3.8) is 0 Å². The van der Waals surface area contributed by atoms with Crippen LogP contribution >= 0.6 is 0 Å². The molecule has 2 aromatic carbocycles. The van der Waals surface area contributed by atoms with E-state index in [1.807, 2.05) is 55.1 Å². The molecule has 0 fully saturated rings. The number of esters is 1. The molecule has 0 bridgehead atoms. The topological polar surface area (TPSA) is 124 Å². The van der Waals surface area contributed by atoms with Gasteiger partial charge in [-0.3, -0.25) is 14.5 Å². The van der Waals surface area contributed by atoms with Gasteiger partial charge in [0, 0.05) is 18.7 Å². The van der Waals surface area contributed by atoms with Gasteiger partial charge in [-0.15, -0.1) is 5.10 Å². The Hall–Kier alpha value is -4.25. The number of rotatable bonds is 9. The van der Waals surface area contributed by atoms with E-state index in [2.05, 4.69) is 20.5 Å². The maximum Gasteiger partial charge on any atom is 0.327 e. The number of aromatic amines is 1. The molecule has 0 amide bonds. The Labute approximate surface area is 212 Å². The van der Waals surface area contributed by atoms with E-state index in [0.717, 1.165) is 27.6 Å². The standard InChI is InChI=1S/C26H28N6O5/c1-4-35-24(33)14-32-23(28-29-30-32)13-31(11-18-6-8-21-22(9-18)37-15-36-21)12-20-10-19-7-5-16(2)17(3)25(19)27-26(20)34/h5-10H,4,11-15H2,1-3H3,(H,27,34). The molecule has 0 saturated carbocycles. The molecule has 4 aromatic rings. The number of aryl methyl sites for hydroxylation is 2. The zero-order chi connectivity index (χ0) is 25.9. The molecule has 5 rings (SSSR count). The molecule has 0 spiro atoms. The lowest BCUT2D eigenvalue weighted by atomic mass is 10.0. The summed E-state index contributed by atoms with van der Waals surface area (Å²) >= 11 is 0. The molecular weight excluding hydrogens is 476 g/mol. The van der Waals surface area contributed by atoms with Gasteiger partial charge in [0.2, 0.25) is 6.79 Å². The summed E-state index contributed by atoms with van der Waals surface area (Å²) in [5.41, 5.74) is 4.45. The first-order valence-corrected chi connectivity index (χ1v) is 12.0. The lowest BCUT2D eigenvalue weighted by molar-refractivity contribution is -0.144. The Bertz CT molecular complexity index is 1510. The molecule has 3 heterocycles. The van der Waals surface area contributed by atoms with Crippen LogP contribution in [-0.4, -0.2) is 49.5 Å². The van der Waals surface area contributed by atoms with Gasteiger partial charge in [0.15, 0.2) is 17.3 Å². The second kappa shape index (κ2) is 10.4. The number of aromatic nitrogens is 5. The largest absolute Gasteiger partial charge is 0.465 e. The normalized spacial score (nSPS) is 12.4. The van der Waals surface area contributed by atoms with Crippen molar-refractivity contribution in [2.75, 3.05) is 13.4 Å². The number of benzene rings is 2. The van der Waals surface area contributed by atoms with Crippen LogP contribution in [0.5, 0.6) is 11.5 Å². The first kappa shape index (κ1) is 24.4. The highest BCUT2D eigenvalue weighted by Gasteiger charge is 2.19. The Morgan fingerprint density at radius 1 is 1.11 bits per heavy atom. The maximum absolute atomic E-state index is 13.1. The average Bonchev–Trinajstić information content (AvgIpc) is 3.51. The second-order valence-electron chi connectivity index (χ2n) is 8.99. The SMILES string of the molecule is CCOC(=O)Cn1nnnc1CN(Cc1ccc2c(c1)OCO2)Cc1cc2ccc(C)c(C)c2[nH]c1=O. The number of ether oxygens (including phenoxy) is 3. The fraction of sp³-hybridized carbons (Fsp3) is 0.346. The summed E-state index contributed by atoms with van der Waals surface area (Å²) in [4.78, 5) is 30.2. The van der Waals surface area contributed by atoms with Crippen LogP contribution in [0, 0.1) is 13.8 Å². The van der Waals surface area contributed by atoms with Gasteiger partial charge in [-0.05, 0) is 71.5 Å². The highest BCUT2D eigenvalue weighted by molar-refractivity contribution is 5.83. The molecule has 0 saturated heterocycles. The molecule has 0 atom stereocenters. The molecule has 0 unspecified atom stereocenters. The van der Waals surface area contributed by atoms with Crippen LogP contribution < -0.4 is 15.0 Å². The second-order valence-corrected chi connectivity index (χ2v) is 8.99. The summed E-state index contributed by atoms with van der Waals surface area (Å²) in [6, 6.07) is 11.7. The number of hydrogen-bond donors (Lipinski definition) is 1. The molecular formula is C26H28N6O5. The summed E-state index contributed by atoms with van der Waals surface area (Å²) in [6.45, 7) is 7.25. The van der Waals surface area contributed by atoms with Crippen LogP contribution in [0.2, 0.25) is 0 Å². The number of tetrazole rings is 1. The molecule has 192 valence electrons. The Kier molecular flexibility index (Phi) is 6.87. The van der Waals surface area contributed by atoms with E-state index >= 15 is 0 Å². The van der Waals surface area contributed by atoms with Gasteiger partial charge in [-0.25, -0.2) is 4.68 Å². The molecule has 1 aliphatic heterocycles. The Balaban J connectivity index is 1.45. The predicted octanol–water partition coefficient (Wildman–Crippen LogP) is 2.63. The molecule has 11 nitrogen and oxygen atoms in total. The van der Waals surface area contributed by atoms with Crippen molar-refractivity contribution in [1.82, 2.24) is 30.1 Å². The minimum absolute atomic E-state index is 0.0940. The summed E-state index contributed by atoms with van der Waals surface area (Å²) in [5.74, 6) is 1.44. The van der Waals surface area contributed by atoms with Gasteiger partial charge < -0.3 is 19.2 Å². The third kappa shape index (κ3) is 5.31. The van der Waals surface area contributed by atoms with Crippen LogP contribution in [0.4, 0.5) is 0 Å². The minimum Gasteiger partial charge on any atom is -0.465 e. The Morgan fingerprint density at radius 2 is 1.95 bits per heavy atom. The maximum atomic E-state index is 13.1. The molecule has 2 aromatic heterocycles. The number of carbonyl (C=O) groups excluding carboxylic acids is 1. The van der Waals surface area contributed by atoms with E-state index in [1.165, 1.54) is 4.68 Å². The predicted molar refractivity (Wildman–Crippen MR) is 134 cm³/mol. The summed E-state index contributed by atoms with van der Waals surface area (Å²) < 4.78 is 17.4. The number of fused-ring (bicyclic) bond motifs is 2. The quantitative estimate of drug-likeness (QED) is 0.343. The van der Waals surface area contributed by atoms with Crippen molar-refractivity contribution in [3.05, 3.63) is 74.8 Å². The average molecular weight is 505 g/mol. The van der Waals surface area contributed by atoms with E-state index in [1.54, 1.807) is 6.92 Å². The van der Waals surface area contributed by atoms with E-state index in [9.17, 15) is 9.59 Å². The number of pyridine rings is 1. The van der Waals surface area contributed by atoms with Crippen molar-refractivity contribution in [3.8, 4) is 11.5 Å². The third-order valence-electron chi connectivity index (χ3n) is 6.42. The van der Waals surface area contributed by atoms with Crippen molar-refractivity contribution in [1.29, 1.82) is 0 Å². The first-order chi connectivity index (χ1) is 17.9. The highest BCUT2D eigenvalue weighted by atomic mass is 16.7. The van der Waals surface area contributed by atoms with Crippen LogP contribution in [0.3, 0.4) is 0 Å². The summed E-state index contributed by atoms with van der Waals surface area (Å²) in [5, 5.41) is 12.8. The monoisotopic (exact) mass is 504 g/mol. The van der Waals surface area contributed by atoms with E-state index in [-0.39, 0.29) is 25.5 Å². The van der Waals surface area contributed by atoms with Gasteiger partial charge in [0.1, 0.15) is 6.54 Å². The van der Waals surface area contributed by atoms with Crippen LogP contribution in [0.25, 0.3) is 10.9 Å². The molecule has 11 heteroatoms. The smallest absolute Gasteiger partial charge is 0.327 e. The fourth-order valence-electron chi connectivity index (χ4n) is 4.38. The zero-order valence-corrected chi connectivity index (χ0v) is 21.0. The number of nitrogens with zero attached hydrogens (tertiary/aromatic N) is 5. The number of carbonyl (C=O) groups is 1. The van der Waals surface area contributed by atoms with Crippen LogP contribution in [0.15, 0.2) is 41.2 Å². The van der Waals surface area contributed by atoms with Gasteiger partial charge in [-0.2, -0.15) is 0 Å². The van der Waals surface area contributed by atoms with Gasteiger partial charge in [0.05, 0.1) is 18.7 Å². The molecule has 1 aliphatic rings. The number of hydrogen-bond acceptors (Lipinski definition) is 9. The lowest BCUT2D eigenvalue weighted by Gasteiger charge is -2.22. The van der Waals surface area contributed by atoms with Gasteiger partial charge >= 0.3 is 5.97 Å². The van der Waals surface area contributed by atoms with E-state index in [0.29, 0.717) is 42.5 Å². The summed E-state index contributed by atoms with van der Waals surface area (Å²) in [7, 11) is 0. The van der Waals surface area contributed by atoms with Crippen molar-refractivity contribution < 1.29 is 19.0 Å².